The number of hydrogen-bond donors (Lipinski definition) is 0. The van der Waals surface area contributed by atoms with Gasteiger partial charge < -0.3 is 18.9 Å². The first-order valence-electron chi connectivity index (χ1n) is 7.28. The van der Waals surface area contributed by atoms with Crippen molar-refractivity contribution in [3.05, 3.63) is 28.7 Å². The van der Waals surface area contributed by atoms with E-state index in [0.717, 1.165) is 19.4 Å². The van der Waals surface area contributed by atoms with E-state index < -0.39 is 0 Å². The van der Waals surface area contributed by atoms with Gasteiger partial charge in [0.05, 0.1) is 19.8 Å². The third-order valence-corrected chi connectivity index (χ3v) is 3.72. The number of aromatic nitrogens is 1. The van der Waals surface area contributed by atoms with Gasteiger partial charge in [0.2, 0.25) is 5.91 Å². The third kappa shape index (κ3) is 3.64. The molecule has 1 saturated heterocycles. The molecule has 6 nitrogen and oxygen atoms in total. The largest absolute Gasteiger partial charge is 0.491 e. The number of pyridine rings is 1. The van der Waals surface area contributed by atoms with Crippen LogP contribution < -0.4 is 10.3 Å². The molecule has 1 aliphatic rings. The molecule has 1 fully saturated rings. The molecule has 0 N–H and O–H groups in total. The Labute approximate surface area is 124 Å². The molecule has 0 aliphatic carbocycles. The van der Waals surface area contributed by atoms with Gasteiger partial charge in [-0.05, 0) is 31.9 Å². The first kappa shape index (κ1) is 15.6. The molecule has 21 heavy (non-hydrogen) atoms. The number of carbonyl (C=O) groups excluding carboxylic acids is 1. The highest BCUT2D eigenvalue weighted by Gasteiger charge is 2.28. The Morgan fingerprint density at radius 3 is 3.00 bits per heavy atom. The highest BCUT2D eigenvalue weighted by atomic mass is 16.5. The van der Waals surface area contributed by atoms with E-state index in [4.69, 9.17) is 9.47 Å². The van der Waals surface area contributed by atoms with E-state index in [-0.39, 0.29) is 29.8 Å². The van der Waals surface area contributed by atoms with Gasteiger partial charge in [-0.1, -0.05) is 0 Å². The maximum absolute atomic E-state index is 12.4. The van der Waals surface area contributed by atoms with Crippen molar-refractivity contribution in [1.29, 1.82) is 0 Å². The molecule has 116 valence electrons. The molecule has 1 amide bonds. The van der Waals surface area contributed by atoms with Crippen LogP contribution in [0.25, 0.3) is 0 Å². The van der Waals surface area contributed by atoms with Crippen molar-refractivity contribution in [2.24, 2.45) is 0 Å². The summed E-state index contributed by atoms with van der Waals surface area (Å²) in [5, 5.41) is 0. The molecular formula is C15H22N2O4. The second-order valence-corrected chi connectivity index (χ2v) is 5.05. The highest BCUT2D eigenvalue weighted by Crippen LogP contribution is 2.18. The molecule has 2 heterocycles. The fourth-order valence-corrected chi connectivity index (χ4v) is 2.62. The lowest BCUT2D eigenvalue weighted by atomic mass is 10.2. The lowest BCUT2D eigenvalue weighted by Crippen LogP contribution is -2.41. The SMILES string of the molecule is CCOCC1CCCN1C(=O)Cn1cccc(OC)c1=O. The van der Waals surface area contributed by atoms with Gasteiger partial charge in [0.15, 0.2) is 5.75 Å². The van der Waals surface area contributed by atoms with Crippen LogP contribution in [0.3, 0.4) is 0 Å². The second kappa shape index (κ2) is 7.26. The first-order chi connectivity index (χ1) is 10.2. The standard InChI is InChI=1S/C15H22N2O4/c1-3-21-11-12-6-4-9-17(12)14(18)10-16-8-5-7-13(20-2)15(16)19/h5,7-8,12H,3-4,6,9-11H2,1-2H3. The van der Waals surface area contributed by atoms with Crippen LogP contribution >= 0.6 is 0 Å². The number of ether oxygens (including phenoxy) is 2. The molecule has 1 aromatic heterocycles. The van der Waals surface area contributed by atoms with Gasteiger partial charge in [0.25, 0.3) is 5.56 Å². The third-order valence-electron chi connectivity index (χ3n) is 3.72. The van der Waals surface area contributed by atoms with Crippen LogP contribution in [0.2, 0.25) is 0 Å². The van der Waals surface area contributed by atoms with E-state index >= 15 is 0 Å². The molecule has 0 bridgehead atoms. The summed E-state index contributed by atoms with van der Waals surface area (Å²) in [4.78, 5) is 26.3. The summed E-state index contributed by atoms with van der Waals surface area (Å²) in [6.45, 7) is 3.92. The first-order valence-corrected chi connectivity index (χ1v) is 7.28. The van der Waals surface area contributed by atoms with E-state index in [9.17, 15) is 9.59 Å². The van der Waals surface area contributed by atoms with E-state index in [2.05, 4.69) is 0 Å². The molecule has 0 radical (unpaired) electrons. The quantitative estimate of drug-likeness (QED) is 0.781. The fraction of sp³-hybridized carbons (Fsp3) is 0.600. The van der Waals surface area contributed by atoms with Gasteiger partial charge in [0.1, 0.15) is 6.54 Å². The van der Waals surface area contributed by atoms with E-state index in [1.165, 1.54) is 11.7 Å². The lowest BCUT2D eigenvalue weighted by Gasteiger charge is -2.24. The summed E-state index contributed by atoms with van der Waals surface area (Å²) in [6.07, 6.45) is 3.55. The van der Waals surface area contributed by atoms with Gasteiger partial charge in [-0.3, -0.25) is 9.59 Å². The van der Waals surface area contributed by atoms with Gasteiger partial charge in [-0.15, -0.1) is 0 Å². The summed E-state index contributed by atoms with van der Waals surface area (Å²) in [5.74, 6) is 0.199. The monoisotopic (exact) mass is 294 g/mol. The number of likely N-dealkylation sites (tertiary alicyclic amines) is 1. The van der Waals surface area contributed by atoms with Crippen LogP contribution in [0.4, 0.5) is 0 Å². The summed E-state index contributed by atoms with van der Waals surface area (Å²) in [6, 6.07) is 3.42. The van der Waals surface area contributed by atoms with Crippen molar-refractivity contribution in [3.63, 3.8) is 0 Å². The van der Waals surface area contributed by atoms with Crippen molar-refractivity contribution in [2.75, 3.05) is 26.9 Å². The summed E-state index contributed by atoms with van der Waals surface area (Å²) >= 11 is 0. The Hall–Kier alpha value is -1.82. The minimum absolute atomic E-state index is 0.0403. The van der Waals surface area contributed by atoms with Gasteiger partial charge in [-0.2, -0.15) is 0 Å². The van der Waals surface area contributed by atoms with Crippen molar-refractivity contribution >= 4 is 5.91 Å². The molecule has 2 rings (SSSR count). The number of amides is 1. The molecular weight excluding hydrogens is 272 g/mol. The van der Waals surface area contributed by atoms with Gasteiger partial charge in [0, 0.05) is 19.3 Å². The van der Waals surface area contributed by atoms with Crippen LogP contribution in [-0.2, 0) is 16.1 Å². The Kier molecular flexibility index (Phi) is 5.38. The Bertz CT molecular complexity index is 541. The molecule has 0 spiro atoms. The zero-order valence-electron chi connectivity index (χ0n) is 12.6. The average molecular weight is 294 g/mol. The highest BCUT2D eigenvalue weighted by molar-refractivity contribution is 5.76. The van der Waals surface area contributed by atoms with Crippen molar-refractivity contribution in [3.8, 4) is 5.75 Å². The maximum atomic E-state index is 12.4. The number of hydrogen-bond acceptors (Lipinski definition) is 4. The van der Waals surface area contributed by atoms with Crippen LogP contribution in [0.1, 0.15) is 19.8 Å². The molecule has 0 saturated carbocycles. The Morgan fingerprint density at radius 1 is 1.48 bits per heavy atom. The topological polar surface area (TPSA) is 60.8 Å². The number of nitrogens with zero attached hydrogens (tertiary/aromatic N) is 2. The molecule has 1 unspecified atom stereocenters. The fourth-order valence-electron chi connectivity index (χ4n) is 2.62. The zero-order valence-corrected chi connectivity index (χ0v) is 12.6. The predicted octanol–water partition coefficient (Wildman–Crippen LogP) is 0.884. The molecule has 6 heteroatoms. The molecule has 1 aliphatic heterocycles. The minimum Gasteiger partial charge on any atom is -0.491 e. The Morgan fingerprint density at radius 2 is 2.29 bits per heavy atom. The number of carbonyl (C=O) groups is 1. The normalized spacial score (nSPS) is 18.0. The molecule has 1 atom stereocenters. The van der Waals surface area contributed by atoms with Gasteiger partial charge >= 0.3 is 0 Å². The number of methoxy groups -OCH3 is 1. The van der Waals surface area contributed by atoms with E-state index in [1.807, 2.05) is 11.8 Å². The molecule has 0 aromatic carbocycles. The maximum Gasteiger partial charge on any atom is 0.293 e. The Balaban J connectivity index is 2.05. The van der Waals surface area contributed by atoms with Crippen LogP contribution in [-0.4, -0.2) is 48.3 Å². The smallest absolute Gasteiger partial charge is 0.293 e. The van der Waals surface area contributed by atoms with Crippen molar-refractivity contribution in [1.82, 2.24) is 9.47 Å². The summed E-state index contributed by atoms with van der Waals surface area (Å²) < 4.78 is 11.8. The van der Waals surface area contributed by atoms with E-state index in [0.29, 0.717) is 13.2 Å². The van der Waals surface area contributed by atoms with Crippen LogP contribution in [0.15, 0.2) is 23.1 Å². The van der Waals surface area contributed by atoms with E-state index in [1.54, 1.807) is 18.3 Å². The number of rotatable bonds is 6. The predicted molar refractivity (Wildman–Crippen MR) is 78.5 cm³/mol. The van der Waals surface area contributed by atoms with Gasteiger partial charge in [-0.25, -0.2) is 0 Å². The minimum atomic E-state index is -0.283. The van der Waals surface area contributed by atoms with Crippen LogP contribution in [0.5, 0.6) is 5.75 Å². The summed E-state index contributed by atoms with van der Waals surface area (Å²) in [7, 11) is 1.45. The molecule has 1 aromatic rings. The summed E-state index contributed by atoms with van der Waals surface area (Å²) in [5.41, 5.74) is -0.283. The van der Waals surface area contributed by atoms with Crippen molar-refractivity contribution in [2.45, 2.75) is 32.4 Å². The van der Waals surface area contributed by atoms with Crippen molar-refractivity contribution < 1.29 is 14.3 Å². The zero-order chi connectivity index (χ0) is 15.2. The average Bonchev–Trinajstić information content (AvgIpc) is 2.95. The van der Waals surface area contributed by atoms with Crippen LogP contribution in [0, 0.1) is 0 Å². The lowest BCUT2D eigenvalue weighted by molar-refractivity contribution is -0.133. The second-order valence-electron chi connectivity index (χ2n) is 5.05.